The summed E-state index contributed by atoms with van der Waals surface area (Å²) in [5, 5.41) is 8.83. The third-order valence-electron chi connectivity index (χ3n) is 6.36. The molecule has 1 atom stereocenters. The second-order valence-electron chi connectivity index (χ2n) is 8.48. The van der Waals surface area contributed by atoms with E-state index in [1.165, 1.54) is 0 Å². The van der Waals surface area contributed by atoms with Crippen molar-refractivity contribution in [2.75, 3.05) is 29.9 Å². The highest BCUT2D eigenvalue weighted by Gasteiger charge is 2.39. The zero-order valence-electron chi connectivity index (χ0n) is 18.1. The summed E-state index contributed by atoms with van der Waals surface area (Å²) in [7, 11) is 0. The number of carbonyl (C=O) groups excluding carboxylic acids is 4. The van der Waals surface area contributed by atoms with Gasteiger partial charge in [-0.3, -0.25) is 24.5 Å². The normalized spacial score (nSPS) is 20.7. The Balaban J connectivity index is 1.30. The van der Waals surface area contributed by atoms with E-state index in [9.17, 15) is 19.2 Å². The van der Waals surface area contributed by atoms with Gasteiger partial charge in [-0.1, -0.05) is 24.3 Å². The van der Waals surface area contributed by atoms with Gasteiger partial charge in [0.05, 0.1) is 17.9 Å². The summed E-state index contributed by atoms with van der Waals surface area (Å²) in [5.41, 5.74) is 4.18. The molecule has 0 bridgehead atoms. The first-order chi connectivity index (χ1) is 16.0. The first-order valence-electron chi connectivity index (χ1n) is 11.1. The SMILES string of the molecule is O=C1CCC(N2Cc3cc(CNc4ccccc4N4CCNCC4=O)ccc3C2=O)C(=O)N1. The van der Waals surface area contributed by atoms with Crippen LogP contribution in [0.3, 0.4) is 0 Å². The van der Waals surface area contributed by atoms with E-state index >= 15 is 0 Å². The van der Waals surface area contributed by atoms with Crippen LogP contribution in [0.5, 0.6) is 0 Å². The molecule has 4 amide bonds. The Labute approximate surface area is 191 Å². The molecule has 0 saturated carbocycles. The first kappa shape index (κ1) is 21.1. The van der Waals surface area contributed by atoms with Gasteiger partial charge in [0.1, 0.15) is 6.04 Å². The van der Waals surface area contributed by atoms with Gasteiger partial charge in [0.2, 0.25) is 17.7 Å². The lowest BCUT2D eigenvalue weighted by molar-refractivity contribution is -0.137. The molecule has 2 fully saturated rings. The summed E-state index contributed by atoms with van der Waals surface area (Å²) >= 11 is 0. The average molecular weight is 447 g/mol. The number of hydrogen-bond acceptors (Lipinski definition) is 6. The van der Waals surface area contributed by atoms with Crippen molar-refractivity contribution >= 4 is 35.0 Å². The van der Waals surface area contributed by atoms with Crippen LogP contribution in [0.1, 0.15) is 34.3 Å². The summed E-state index contributed by atoms with van der Waals surface area (Å²) in [4.78, 5) is 52.2. The Bertz CT molecular complexity index is 1150. The van der Waals surface area contributed by atoms with Gasteiger partial charge in [-0.2, -0.15) is 0 Å². The minimum absolute atomic E-state index is 0.0417. The Hall–Kier alpha value is -3.72. The molecule has 2 aromatic carbocycles. The molecule has 2 aromatic rings. The van der Waals surface area contributed by atoms with Crippen molar-refractivity contribution in [3.05, 3.63) is 59.2 Å². The summed E-state index contributed by atoms with van der Waals surface area (Å²) in [6.45, 7) is 2.57. The molecule has 9 nitrogen and oxygen atoms in total. The van der Waals surface area contributed by atoms with Crippen LogP contribution in [0.25, 0.3) is 0 Å². The molecule has 33 heavy (non-hydrogen) atoms. The number of nitrogens with zero attached hydrogens (tertiary/aromatic N) is 2. The van der Waals surface area contributed by atoms with Crippen LogP contribution < -0.4 is 20.9 Å². The Kier molecular flexibility index (Phi) is 5.55. The predicted molar refractivity (Wildman–Crippen MR) is 121 cm³/mol. The number of rotatable bonds is 5. The summed E-state index contributed by atoms with van der Waals surface area (Å²) in [6.07, 6.45) is 0.584. The molecule has 170 valence electrons. The second kappa shape index (κ2) is 8.67. The number of anilines is 2. The van der Waals surface area contributed by atoms with Crippen LogP contribution >= 0.6 is 0 Å². The number of imide groups is 1. The predicted octanol–water partition coefficient (Wildman–Crippen LogP) is 0.996. The van der Waals surface area contributed by atoms with E-state index in [0.29, 0.717) is 38.2 Å². The molecule has 3 aliphatic rings. The highest BCUT2D eigenvalue weighted by atomic mass is 16.2. The van der Waals surface area contributed by atoms with E-state index in [0.717, 1.165) is 29.0 Å². The maximum Gasteiger partial charge on any atom is 0.255 e. The van der Waals surface area contributed by atoms with Crippen LogP contribution in [0.15, 0.2) is 42.5 Å². The Morgan fingerprint density at radius 3 is 2.73 bits per heavy atom. The molecule has 0 aliphatic carbocycles. The molecule has 3 aliphatic heterocycles. The minimum Gasteiger partial charge on any atom is -0.379 e. The summed E-state index contributed by atoms with van der Waals surface area (Å²) in [5.74, 6) is -0.841. The highest BCUT2D eigenvalue weighted by Crippen LogP contribution is 2.30. The monoisotopic (exact) mass is 447 g/mol. The van der Waals surface area contributed by atoms with Crippen molar-refractivity contribution in [1.29, 1.82) is 0 Å². The van der Waals surface area contributed by atoms with E-state index in [-0.39, 0.29) is 24.1 Å². The van der Waals surface area contributed by atoms with Gasteiger partial charge in [-0.05, 0) is 35.7 Å². The van der Waals surface area contributed by atoms with E-state index in [1.807, 2.05) is 36.4 Å². The molecule has 3 N–H and O–H groups in total. The minimum atomic E-state index is -0.618. The van der Waals surface area contributed by atoms with Crippen molar-refractivity contribution in [3.63, 3.8) is 0 Å². The van der Waals surface area contributed by atoms with Crippen molar-refractivity contribution in [3.8, 4) is 0 Å². The molecule has 2 saturated heterocycles. The van der Waals surface area contributed by atoms with Gasteiger partial charge in [0, 0.05) is 38.2 Å². The molecule has 9 heteroatoms. The third-order valence-corrected chi connectivity index (χ3v) is 6.36. The van der Waals surface area contributed by atoms with Crippen molar-refractivity contribution in [2.24, 2.45) is 0 Å². The Morgan fingerprint density at radius 1 is 1.06 bits per heavy atom. The van der Waals surface area contributed by atoms with Gasteiger partial charge in [-0.25, -0.2) is 0 Å². The quantitative estimate of drug-likeness (QED) is 0.590. The maximum atomic E-state index is 12.9. The highest BCUT2D eigenvalue weighted by molar-refractivity contribution is 6.05. The van der Waals surface area contributed by atoms with Crippen molar-refractivity contribution in [1.82, 2.24) is 15.5 Å². The fraction of sp³-hybridized carbons (Fsp3) is 0.333. The summed E-state index contributed by atoms with van der Waals surface area (Å²) in [6, 6.07) is 12.8. The van der Waals surface area contributed by atoms with Crippen LogP contribution in [0.2, 0.25) is 0 Å². The third kappa shape index (κ3) is 4.07. The molecule has 3 heterocycles. The molecule has 1 unspecified atom stereocenters. The molecule has 0 spiro atoms. The lowest BCUT2D eigenvalue weighted by Gasteiger charge is -2.29. The van der Waals surface area contributed by atoms with Gasteiger partial charge in [-0.15, -0.1) is 0 Å². The smallest absolute Gasteiger partial charge is 0.255 e. The standard InChI is InChI=1S/C24H25N5O4/c30-21-8-7-20(23(32)27-21)29-14-16-11-15(5-6-17(16)24(29)33)12-26-18-3-1-2-4-19(18)28-10-9-25-13-22(28)31/h1-6,11,20,25-26H,7-10,12-14H2,(H,27,30,32). The zero-order chi connectivity index (χ0) is 22.9. The second-order valence-corrected chi connectivity index (χ2v) is 8.48. The molecular weight excluding hydrogens is 422 g/mol. The van der Waals surface area contributed by atoms with Crippen LogP contribution in [-0.2, 0) is 27.5 Å². The number of para-hydroxylation sites is 2. The largest absolute Gasteiger partial charge is 0.379 e. The number of hydrogen-bond donors (Lipinski definition) is 3. The zero-order valence-corrected chi connectivity index (χ0v) is 18.1. The van der Waals surface area contributed by atoms with Gasteiger partial charge >= 0.3 is 0 Å². The lowest BCUT2D eigenvalue weighted by atomic mass is 10.0. The number of piperazine rings is 1. The number of piperidine rings is 1. The Morgan fingerprint density at radius 2 is 1.91 bits per heavy atom. The fourth-order valence-corrected chi connectivity index (χ4v) is 4.65. The average Bonchev–Trinajstić information content (AvgIpc) is 3.14. The van der Waals surface area contributed by atoms with Crippen LogP contribution in [-0.4, -0.2) is 54.2 Å². The molecule has 0 aromatic heterocycles. The lowest BCUT2D eigenvalue weighted by Crippen LogP contribution is -2.52. The van der Waals surface area contributed by atoms with Gasteiger partial charge < -0.3 is 20.4 Å². The summed E-state index contributed by atoms with van der Waals surface area (Å²) < 4.78 is 0. The number of nitrogens with one attached hydrogen (secondary N) is 3. The van der Waals surface area contributed by atoms with Crippen molar-refractivity contribution in [2.45, 2.75) is 32.0 Å². The van der Waals surface area contributed by atoms with Gasteiger partial charge in [0.15, 0.2) is 0 Å². The molecular formula is C24H25N5O4. The number of benzene rings is 2. The molecule has 5 rings (SSSR count). The number of amides is 4. The fourth-order valence-electron chi connectivity index (χ4n) is 4.65. The van der Waals surface area contributed by atoms with E-state index in [4.69, 9.17) is 0 Å². The van der Waals surface area contributed by atoms with E-state index in [2.05, 4.69) is 16.0 Å². The van der Waals surface area contributed by atoms with E-state index in [1.54, 1.807) is 15.9 Å². The first-order valence-corrected chi connectivity index (χ1v) is 11.1. The van der Waals surface area contributed by atoms with Crippen LogP contribution in [0.4, 0.5) is 11.4 Å². The van der Waals surface area contributed by atoms with E-state index < -0.39 is 11.9 Å². The number of carbonyl (C=O) groups is 4. The topological polar surface area (TPSA) is 111 Å². The number of fused-ring (bicyclic) bond motifs is 1. The van der Waals surface area contributed by atoms with Crippen LogP contribution in [0, 0.1) is 0 Å². The van der Waals surface area contributed by atoms with Crippen molar-refractivity contribution < 1.29 is 19.2 Å². The molecule has 0 radical (unpaired) electrons. The maximum absolute atomic E-state index is 12.9. The van der Waals surface area contributed by atoms with Gasteiger partial charge in [0.25, 0.3) is 5.91 Å².